The molecular formula is C10H14N2O4S. The van der Waals surface area contributed by atoms with Crippen molar-refractivity contribution in [2.75, 3.05) is 12.0 Å². The number of unbranched alkanes of at least 4 members (excludes halogenated alkanes) is 1. The molecular weight excluding hydrogens is 244 g/mol. The third-order valence-corrected chi connectivity index (χ3v) is 2.94. The van der Waals surface area contributed by atoms with Gasteiger partial charge in [-0.15, -0.1) is 0 Å². The van der Waals surface area contributed by atoms with Crippen LogP contribution in [0, 0.1) is 0 Å². The summed E-state index contributed by atoms with van der Waals surface area (Å²) in [6, 6.07) is 0. The molecule has 7 heteroatoms. The van der Waals surface area contributed by atoms with Crippen LogP contribution in [0.5, 0.6) is 0 Å². The molecule has 0 saturated carbocycles. The third-order valence-electron chi connectivity index (χ3n) is 2.24. The first-order valence-corrected chi connectivity index (χ1v) is 6.51. The first-order valence-electron chi connectivity index (χ1n) is 5.12. The second-order valence-corrected chi connectivity index (χ2v) is 4.49. The summed E-state index contributed by atoms with van der Waals surface area (Å²) in [5.74, 6) is -0.340. The van der Waals surface area contributed by atoms with Crippen LogP contribution in [-0.4, -0.2) is 32.6 Å². The fourth-order valence-electron chi connectivity index (χ4n) is 1.36. The number of aryl methyl sites for hydroxylation is 1. The van der Waals surface area contributed by atoms with Gasteiger partial charge in [0.25, 0.3) is 5.56 Å². The Kier molecular flexibility index (Phi) is 5.02. The number of hydrogen-bond acceptors (Lipinski definition) is 4. The van der Waals surface area contributed by atoms with Gasteiger partial charge in [0, 0.05) is 12.7 Å². The summed E-state index contributed by atoms with van der Waals surface area (Å²) < 4.78 is 1.23. The number of carbonyl (C=O) groups is 1. The molecule has 0 radical (unpaired) electrons. The zero-order chi connectivity index (χ0) is 12.8. The molecule has 0 aliphatic carbocycles. The number of hydrogen-bond donors (Lipinski definition) is 2. The highest BCUT2D eigenvalue weighted by Gasteiger charge is 2.10. The highest BCUT2D eigenvalue weighted by Crippen LogP contribution is 2.00. The molecule has 0 fully saturated rings. The summed E-state index contributed by atoms with van der Waals surface area (Å²) in [6.07, 6.45) is 4.80. The molecule has 94 valence electrons. The lowest BCUT2D eigenvalue weighted by molar-refractivity contribution is 0.0693. The van der Waals surface area contributed by atoms with E-state index in [9.17, 15) is 14.4 Å². The fourth-order valence-corrected chi connectivity index (χ4v) is 1.85. The molecule has 6 nitrogen and oxygen atoms in total. The SMILES string of the molecule is CSCCCCn1cc(C(=O)O)c(=O)[nH]c1=O. The lowest BCUT2D eigenvalue weighted by Gasteiger charge is -2.05. The monoisotopic (exact) mass is 258 g/mol. The molecule has 1 aromatic heterocycles. The summed E-state index contributed by atoms with van der Waals surface area (Å²) in [6.45, 7) is 0.413. The number of thioether (sulfide) groups is 1. The number of nitrogens with one attached hydrogen (secondary N) is 1. The van der Waals surface area contributed by atoms with E-state index in [1.54, 1.807) is 11.8 Å². The topological polar surface area (TPSA) is 92.2 Å². The predicted molar refractivity (Wildman–Crippen MR) is 65.9 cm³/mol. The number of nitrogens with zero attached hydrogens (tertiary/aromatic N) is 1. The average Bonchev–Trinajstić information content (AvgIpc) is 2.26. The van der Waals surface area contributed by atoms with Crippen molar-refractivity contribution in [3.8, 4) is 0 Å². The Labute approximate surface area is 102 Å². The number of H-pyrrole nitrogens is 1. The Morgan fingerprint density at radius 1 is 1.47 bits per heavy atom. The maximum Gasteiger partial charge on any atom is 0.342 e. The summed E-state index contributed by atoms with van der Waals surface area (Å²) in [4.78, 5) is 35.3. The molecule has 1 heterocycles. The largest absolute Gasteiger partial charge is 0.477 e. The molecule has 1 aromatic rings. The van der Waals surface area contributed by atoms with E-state index in [4.69, 9.17) is 5.11 Å². The number of aromatic nitrogens is 2. The van der Waals surface area contributed by atoms with Crippen LogP contribution < -0.4 is 11.2 Å². The number of carboxylic acid groups (broad SMARTS) is 1. The van der Waals surface area contributed by atoms with Crippen molar-refractivity contribution in [3.05, 3.63) is 32.6 Å². The molecule has 0 unspecified atom stereocenters. The zero-order valence-corrected chi connectivity index (χ0v) is 10.2. The highest BCUT2D eigenvalue weighted by atomic mass is 32.2. The van der Waals surface area contributed by atoms with Gasteiger partial charge < -0.3 is 5.11 Å². The van der Waals surface area contributed by atoms with Crippen molar-refractivity contribution >= 4 is 17.7 Å². The van der Waals surface area contributed by atoms with E-state index < -0.39 is 22.8 Å². The van der Waals surface area contributed by atoms with E-state index in [2.05, 4.69) is 0 Å². The fraction of sp³-hybridized carbons (Fsp3) is 0.500. The predicted octanol–water partition coefficient (Wildman–Crippen LogP) is 0.378. The molecule has 0 atom stereocenters. The van der Waals surface area contributed by atoms with Crippen LogP contribution in [0.25, 0.3) is 0 Å². The van der Waals surface area contributed by atoms with Crippen LogP contribution in [0.2, 0.25) is 0 Å². The van der Waals surface area contributed by atoms with Gasteiger partial charge in [-0.2, -0.15) is 11.8 Å². The van der Waals surface area contributed by atoms with Crippen LogP contribution in [0.4, 0.5) is 0 Å². The highest BCUT2D eigenvalue weighted by molar-refractivity contribution is 7.98. The van der Waals surface area contributed by atoms with Crippen LogP contribution in [0.1, 0.15) is 23.2 Å². The zero-order valence-electron chi connectivity index (χ0n) is 9.43. The molecule has 0 spiro atoms. The quantitative estimate of drug-likeness (QED) is 0.719. The minimum atomic E-state index is -1.33. The second kappa shape index (κ2) is 6.29. The Hall–Kier alpha value is -1.50. The molecule has 2 N–H and O–H groups in total. The van der Waals surface area contributed by atoms with Crippen LogP contribution in [0.3, 0.4) is 0 Å². The molecule has 1 rings (SSSR count). The van der Waals surface area contributed by atoms with Crippen molar-refractivity contribution in [2.24, 2.45) is 0 Å². The van der Waals surface area contributed by atoms with Gasteiger partial charge in [-0.3, -0.25) is 14.3 Å². The van der Waals surface area contributed by atoms with E-state index >= 15 is 0 Å². The first kappa shape index (κ1) is 13.6. The van der Waals surface area contributed by atoms with Gasteiger partial charge in [-0.1, -0.05) is 0 Å². The Morgan fingerprint density at radius 2 is 2.18 bits per heavy atom. The van der Waals surface area contributed by atoms with Crippen molar-refractivity contribution in [2.45, 2.75) is 19.4 Å². The smallest absolute Gasteiger partial charge is 0.342 e. The first-order chi connectivity index (χ1) is 8.06. The second-order valence-electron chi connectivity index (χ2n) is 3.50. The van der Waals surface area contributed by atoms with Crippen molar-refractivity contribution in [1.82, 2.24) is 9.55 Å². The summed E-state index contributed by atoms with van der Waals surface area (Å²) in [5.41, 5.74) is -1.83. The van der Waals surface area contributed by atoms with E-state index in [-0.39, 0.29) is 0 Å². The van der Waals surface area contributed by atoms with Crippen molar-refractivity contribution < 1.29 is 9.90 Å². The van der Waals surface area contributed by atoms with Gasteiger partial charge in [-0.05, 0) is 24.9 Å². The van der Waals surface area contributed by atoms with Gasteiger partial charge in [0.1, 0.15) is 5.56 Å². The molecule has 0 aliphatic heterocycles. The number of rotatable bonds is 6. The van der Waals surface area contributed by atoms with Crippen molar-refractivity contribution in [3.63, 3.8) is 0 Å². The van der Waals surface area contributed by atoms with Crippen LogP contribution in [-0.2, 0) is 6.54 Å². The van der Waals surface area contributed by atoms with Gasteiger partial charge in [0.05, 0.1) is 0 Å². The number of aromatic amines is 1. The molecule has 0 aromatic carbocycles. The van der Waals surface area contributed by atoms with Gasteiger partial charge in [0.2, 0.25) is 0 Å². The lowest BCUT2D eigenvalue weighted by Crippen LogP contribution is -2.33. The molecule has 0 bridgehead atoms. The average molecular weight is 258 g/mol. The van der Waals surface area contributed by atoms with Gasteiger partial charge >= 0.3 is 11.7 Å². The van der Waals surface area contributed by atoms with Gasteiger partial charge in [-0.25, -0.2) is 9.59 Å². The maximum atomic E-state index is 11.4. The molecule has 0 amide bonds. The summed E-state index contributed by atoms with van der Waals surface area (Å²) in [7, 11) is 0. The minimum absolute atomic E-state index is 0.408. The number of carboxylic acids is 1. The molecule has 0 saturated heterocycles. The van der Waals surface area contributed by atoms with Crippen LogP contribution >= 0.6 is 11.8 Å². The molecule has 17 heavy (non-hydrogen) atoms. The minimum Gasteiger partial charge on any atom is -0.477 e. The standard InChI is InChI=1S/C10H14N2O4S/c1-17-5-3-2-4-12-6-7(9(14)15)8(13)11-10(12)16/h6H,2-5H2,1H3,(H,14,15)(H,11,13,16). The number of aromatic carboxylic acids is 1. The van der Waals surface area contributed by atoms with Gasteiger partial charge in [0.15, 0.2) is 0 Å². The van der Waals surface area contributed by atoms with E-state index in [1.165, 1.54) is 4.57 Å². The third kappa shape index (κ3) is 3.77. The Morgan fingerprint density at radius 3 is 2.76 bits per heavy atom. The Bertz CT molecular complexity index is 506. The Balaban J connectivity index is 2.85. The van der Waals surface area contributed by atoms with Crippen LogP contribution in [0.15, 0.2) is 15.8 Å². The van der Waals surface area contributed by atoms with E-state index in [0.717, 1.165) is 24.8 Å². The normalized spacial score (nSPS) is 10.4. The van der Waals surface area contributed by atoms with E-state index in [1.807, 2.05) is 11.2 Å². The lowest BCUT2D eigenvalue weighted by atomic mass is 10.3. The van der Waals surface area contributed by atoms with Crippen molar-refractivity contribution in [1.29, 1.82) is 0 Å². The summed E-state index contributed by atoms with van der Waals surface area (Å²) >= 11 is 1.71. The molecule has 0 aliphatic rings. The summed E-state index contributed by atoms with van der Waals surface area (Å²) in [5, 5.41) is 8.75. The van der Waals surface area contributed by atoms with E-state index in [0.29, 0.717) is 6.54 Å². The maximum absolute atomic E-state index is 11.4.